The first-order valence-electron chi connectivity index (χ1n) is 10.2. The number of anilines is 1. The lowest BCUT2D eigenvalue weighted by Gasteiger charge is -2.20. The topological polar surface area (TPSA) is 88.8 Å². The van der Waals surface area contributed by atoms with Gasteiger partial charge in [-0.15, -0.1) is 11.3 Å². The van der Waals surface area contributed by atoms with E-state index in [1.807, 2.05) is 13.0 Å². The van der Waals surface area contributed by atoms with Crippen LogP contribution in [0.3, 0.4) is 0 Å². The molecule has 2 amide bonds. The van der Waals surface area contributed by atoms with Crippen LogP contribution in [0, 0.1) is 0 Å². The number of nitrogens with two attached hydrogens (primary N) is 2. The zero-order valence-electron chi connectivity index (χ0n) is 17.3. The van der Waals surface area contributed by atoms with Crippen molar-refractivity contribution in [1.82, 2.24) is 0 Å². The average Bonchev–Trinajstić information content (AvgIpc) is 3.27. The quantitative estimate of drug-likeness (QED) is 0.493. The number of carbonyl (C=O) groups is 2. The summed E-state index contributed by atoms with van der Waals surface area (Å²) < 4.78 is 0. The van der Waals surface area contributed by atoms with Gasteiger partial charge in [0.05, 0.1) is 4.88 Å². The van der Waals surface area contributed by atoms with Gasteiger partial charge >= 0.3 is 0 Å². The van der Waals surface area contributed by atoms with Crippen molar-refractivity contribution in [2.75, 3.05) is 5.32 Å². The van der Waals surface area contributed by atoms with Crippen LogP contribution >= 0.6 is 11.3 Å². The molecule has 0 bridgehead atoms. The van der Waals surface area contributed by atoms with Crippen LogP contribution in [-0.4, -0.2) is 17.9 Å². The first kappa shape index (κ1) is 21.7. The Morgan fingerprint density at radius 1 is 1.07 bits per heavy atom. The van der Waals surface area contributed by atoms with Gasteiger partial charge in [0, 0.05) is 16.8 Å². The molecule has 0 aliphatic rings. The highest BCUT2D eigenvalue weighted by Crippen LogP contribution is 2.23. The fourth-order valence-electron chi connectivity index (χ4n) is 3.37. The molecule has 0 saturated heterocycles. The number of aryl methyl sites for hydroxylation is 1. The molecule has 5 N–H and O–H groups in total. The maximum absolute atomic E-state index is 12.8. The molecule has 156 valence electrons. The molecule has 0 aliphatic heterocycles. The Morgan fingerprint density at radius 2 is 1.77 bits per heavy atom. The lowest BCUT2D eigenvalue weighted by molar-refractivity contribution is -0.703. The van der Waals surface area contributed by atoms with Crippen molar-refractivity contribution in [3.8, 4) is 0 Å². The lowest BCUT2D eigenvalue weighted by Crippen LogP contribution is -2.92. The van der Waals surface area contributed by atoms with Gasteiger partial charge in [-0.25, -0.2) is 0 Å². The number of amides is 2. The smallest absolute Gasteiger partial charge is 0.282 e. The second kappa shape index (κ2) is 10.2. The van der Waals surface area contributed by atoms with E-state index < -0.39 is 5.91 Å². The number of hydrogen-bond acceptors (Lipinski definition) is 3. The molecule has 0 aliphatic carbocycles. The molecule has 0 saturated carbocycles. The molecule has 2 atom stereocenters. The third kappa shape index (κ3) is 5.55. The number of thiophene rings is 1. The first-order chi connectivity index (χ1) is 14.5. The summed E-state index contributed by atoms with van der Waals surface area (Å²) in [5.74, 6) is -0.579. The largest absolute Gasteiger partial charge is 0.366 e. The summed E-state index contributed by atoms with van der Waals surface area (Å²) >= 11 is 1.70. The van der Waals surface area contributed by atoms with Gasteiger partial charge < -0.3 is 16.4 Å². The third-order valence-corrected chi connectivity index (χ3v) is 6.01. The minimum atomic E-state index is -0.488. The maximum Gasteiger partial charge on any atom is 0.282 e. The van der Waals surface area contributed by atoms with E-state index in [1.165, 1.54) is 16.0 Å². The predicted octanol–water partition coefficient (Wildman–Crippen LogP) is 3.48. The van der Waals surface area contributed by atoms with E-state index in [2.05, 4.69) is 53.3 Å². The molecule has 5 nitrogen and oxygen atoms in total. The van der Waals surface area contributed by atoms with E-state index in [0.717, 1.165) is 12.8 Å². The van der Waals surface area contributed by atoms with Crippen LogP contribution in [0.1, 0.15) is 52.7 Å². The van der Waals surface area contributed by atoms with E-state index in [9.17, 15) is 9.59 Å². The molecule has 1 aromatic heterocycles. The van der Waals surface area contributed by atoms with Gasteiger partial charge in [0.1, 0.15) is 6.04 Å². The number of nitrogens with one attached hydrogen (secondary N) is 1. The van der Waals surface area contributed by atoms with Crippen LogP contribution in [0.15, 0.2) is 66.0 Å². The molecule has 0 fully saturated rings. The summed E-state index contributed by atoms with van der Waals surface area (Å²) in [6.07, 6.45) is 2.19. The molecule has 0 radical (unpaired) electrons. The second-order valence-electron chi connectivity index (χ2n) is 7.40. The number of rotatable bonds is 9. The van der Waals surface area contributed by atoms with Gasteiger partial charge in [0.25, 0.3) is 5.91 Å². The predicted molar refractivity (Wildman–Crippen MR) is 122 cm³/mol. The number of quaternary nitrogens is 1. The van der Waals surface area contributed by atoms with Crippen molar-refractivity contribution >= 4 is 28.8 Å². The molecule has 6 heteroatoms. The molecular weight excluding hydrogens is 394 g/mol. The van der Waals surface area contributed by atoms with Crippen molar-refractivity contribution < 1.29 is 14.9 Å². The molecule has 0 unspecified atom stereocenters. The molecule has 3 aromatic rings. The zero-order chi connectivity index (χ0) is 21.5. The monoisotopic (exact) mass is 422 g/mol. The fourth-order valence-corrected chi connectivity index (χ4v) is 4.20. The van der Waals surface area contributed by atoms with Crippen molar-refractivity contribution in [1.29, 1.82) is 0 Å². The second-order valence-corrected chi connectivity index (χ2v) is 8.38. The average molecular weight is 423 g/mol. The maximum atomic E-state index is 12.8. The molecule has 0 spiro atoms. The lowest BCUT2D eigenvalue weighted by atomic mass is 10.0. The van der Waals surface area contributed by atoms with Gasteiger partial charge in [0.2, 0.25) is 5.91 Å². The SMILES string of the molecule is CCCc1ccc([C@@H]([NH2+][C@H](C)C(=O)Nc2ccc(C(N)=O)cc2)c2cccs2)cc1. The van der Waals surface area contributed by atoms with Crippen molar-refractivity contribution in [3.05, 3.63) is 87.6 Å². The van der Waals surface area contributed by atoms with Crippen LogP contribution in [0.2, 0.25) is 0 Å². The van der Waals surface area contributed by atoms with Crippen LogP contribution < -0.4 is 16.4 Å². The normalized spacial score (nSPS) is 12.9. The Labute approximate surface area is 181 Å². The van der Waals surface area contributed by atoms with Crippen LogP contribution in [0.4, 0.5) is 5.69 Å². The minimum absolute atomic E-state index is 0.0543. The van der Waals surface area contributed by atoms with Gasteiger partial charge in [-0.3, -0.25) is 9.59 Å². The summed E-state index contributed by atoms with van der Waals surface area (Å²) in [5, 5.41) is 7.07. The Morgan fingerprint density at radius 3 is 2.33 bits per heavy atom. The number of hydrogen-bond donors (Lipinski definition) is 3. The van der Waals surface area contributed by atoms with E-state index in [4.69, 9.17) is 5.73 Å². The summed E-state index contributed by atoms with van der Waals surface area (Å²) in [6, 6.07) is 19.2. The molecule has 2 aromatic carbocycles. The van der Waals surface area contributed by atoms with Crippen LogP contribution in [0.5, 0.6) is 0 Å². The van der Waals surface area contributed by atoms with Crippen LogP contribution in [-0.2, 0) is 11.2 Å². The summed E-state index contributed by atoms with van der Waals surface area (Å²) in [6.45, 7) is 4.08. The Bertz CT molecular complexity index is 967. The van der Waals surface area contributed by atoms with Crippen LogP contribution in [0.25, 0.3) is 0 Å². The number of benzene rings is 2. The Balaban J connectivity index is 1.72. The van der Waals surface area contributed by atoms with Gasteiger partial charge in [-0.2, -0.15) is 0 Å². The highest BCUT2D eigenvalue weighted by atomic mass is 32.1. The Kier molecular flexibility index (Phi) is 7.38. The number of primary amides is 1. The van der Waals surface area contributed by atoms with E-state index in [0.29, 0.717) is 11.3 Å². The van der Waals surface area contributed by atoms with Crippen molar-refractivity contribution in [3.63, 3.8) is 0 Å². The van der Waals surface area contributed by atoms with Crippen molar-refractivity contribution in [2.45, 2.75) is 38.8 Å². The zero-order valence-corrected chi connectivity index (χ0v) is 18.1. The van der Waals surface area contributed by atoms with Gasteiger partial charge in [-0.05, 0) is 54.6 Å². The molecule has 1 heterocycles. The minimum Gasteiger partial charge on any atom is -0.366 e. The first-order valence-corrected chi connectivity index (χ1v) is 11.0. The van der Waals surface area contributed by atoms with E-state index in [1.54, 1.807) is 35.6 Å². The molecular formula is C24H28N3O2S+. The van der Waals surface area contributed by atoms with E-state index >= 15 is 0 Å². The van der Waals surface area contributed by atoms with Gasteiger partial charge in [-0.1, -0.05) is 43.7 Å². The highest BCUT2D eigenvalue weighted by molar-refractivity contribution is 7.10. The summed E-state index contributed by atoms with van der Waals surface area (Å²) in [5.41, 5.74) is 8.83. The van der Waals surface area contributed by atoms with E-state index in [-0.39, 0.29) is 18.0 Å². The summed E-state index contributed by atoms with van der Waals surface area (Å²) in [4.78, 5) is 25.2. The van der Waals surface area contributed by atoms with Crippen molar-refractivity contribution in [2.24, 2.45) is 5.73 Å². The molecule has 3 rings (SSSR count). The van der Waals surface area contributed by atoms with Gasteiger partial charge in [0.15, 0.2) is 6.04 Å². The molecule has 30 heavy (non-hydrogen) atoms. The Hall–Kier alpha value is -2.96. The third-order valence-electron chi connectivity index (χ3n) is 5.06. The summed E-state index contributed by atoms with van der Waals surface area (Å²) in [7, 11) is 0. The fraction of sp³-hybridized carbons (Fsp3) is 0.250. The number of carbonyl (C=O) groups excluding carboxylic acids is 2. The standard InChI is InChI=1S/C24H27N3O2S/c1-3-5-17-7-9-18(10-8-17)22(21-6-4-15-30-21)26-16(2)24(29)27-20-13-11-19(12-14-20)23(25)28/h4,6-16,22,26H,3,5H2,1-2H3,(H2,25,28)(H,27,29)/p+1/t16-,22-/m1/s1. The highest BCUT2D eigenvalue weighted by Gasteiger charge is 2.25.